The van der Waals surface area contributed by atoms with Crippen molar-refractivity contribution in [1.82, 2.24) is 16.0 Å². The Kier molecular flexibility index (Phi) is 10.9. The largest absolute Gasteiger partial charge is 0.356 e. The number of guanidine groups is 1. The molecule has 25 heavy (non-hydrogen) atoms. The van der Waals surface area contributed by atoms with Gasteiger partial charge in [-0.25, -0.2) is 0 Å². The molecule has 0 spiro atoms. The van der Waals surface area contributed by atoms with Crippen molar-refractivity contribution in [2.24, 2.45) is 4.99 Å². The second-order valence-electron chi connectivity index (χ2n) is 6.07. The van der Waals surface area contributed by atoms with Gasteiger partial charge in [0.15, 0.2) is 5.96 Å². The zero-order valence-electron chi connectivity index (χ0n) is 14.7. The summed E-state index contributed by atoms with van der Waals surface area (Å²) >= 11 is 6.14. The van der Waals surface area contributed by atoms with Crippen molar-refractivity contribution >= 4 is 47.4 Å². The van der Waals surface area contributed by atoms with Crippen LogP contribution in [0.3, 0.4) is 0 Å². The highest BCUT2D eigenvalue weighted by Crippen LogP contribution is 2.17. The van der Waals surface area contributed by atoms with Crippen LogP contribution in [0.1, 0.15) is 37.7 Å². The molecule has 0 aliphatic heterocycles. The van der Waals surface area contributed by atoms with Gasteiger partial charge in [0, 0.05) is 37.6 Å². The van der Waals surface area contributed by atoms with Gasteiger partial charge in [-0.1, -0.05) is 42.6 Å². The second-order valence-corrected chi connectivity index (χ2v) is 6.47. The van der Waals surface area contributed by atoms with Crippen LogP contribution in [0.2, 0.25) is 5.02 Å². The fourth-order valence-corrected chi connectivity index (χ4v) is 3.13. The molecule has 1 aromatic rings. The fraction of sp³-hybridized carbons (Fsp3) is 0.556. The van der Waals surface area contributed by atoms with Crippen molar-refractivity contribution in [3.63, 3.8) is 0 Å². The molecule has 2 rings (SSSR count). The summed E-state index contributed by atoms with van der Waals surface area (Å²) in [7, 11) is 1.73. The molecule has 1 saturated carbocycles. The van der Waals surface area contributed by atoms with Crippen molar-refractivity contribution in [3.8, 4) is 0 Å². The number of aliphatic imine (C=N–C) groups is 1. The number of benzene rings is 1. The number of hydrogen-bond acceptors (Lipinski definition) is 2. The van der Waals surface area contributed by atoms with Gasteiger partial charge in [-0.15, -0.1) is 24.0 Å². The van der Waals surface area contributed by atoms with Gasteiger partial charge in [0.25, 0.3) is 0 Å². The number of amides is 1. The normalized spacial score (nSPS) is 14.7. The lowest BCUT2D eigenvalue weighted by Gasteiger charge is -2.14. The van der Waals surface area contributed by atoms with Crippen LogP contribution in [-0.4, -0.2) is 38.0 Å². The molecule has 1 fully saturated rings. The fourth-order valence-electron chi connectivity index (χ4n) is 2.90. The van der Waals surface area contributed by atoms with E-state index in [4.69, 9.17) is 11.6 Å². The Hall–Kier alpha value is -1.02. The van der Waals surface area contributed by atoms with Gasteiger partial charge in [-0.2, -0.15) is 0 Å². The summed E-state index contributed by atoms with van der Waals surface area (Å²) in [5.41, 5.74) is 1.11. The van der Waals surface area contributed by atoms with Crippen molar-refractivity contribution in [1.29, 1.82) is 0 Å². The van der Waals surface area contributed by atoms with Gasteiger partial charge in [0.2, 0.25) is 5.91 Å². The molecule has 0 atom stereocenters. The molecule has 0 heterocycles. The smallest absolute Gasteiger partial charge is 0.221 e. The van der Waals surface area contributed by atoms with E-state index in [9.17, 15) is 4.79 Å². The van der Waals surface area contributed by atoms with Crippen LogP contribution in [0.25, 0.3) is 0 Å². The third-order valence-corrected chi connectivity index (χ3v) is 4.60. The summed E-state index contributed by atoms with van der Waals surface area (Å²) in [5.74, 6) is 0.816. The SMILES string of the molecule is CN=C(NCCC(=O)NC1CCCC1)NCCc1ccccc1Cl.I. The maximum atomic E-state index is 11.9. The molecule has 1 aliphatic rings. The molecule has 1 amide bonds. The minimum absolute atomic E-state index is 0. The van der Waals surface area contributed by atoms with E-state index in [1.165, 1.54) is 12.8 Å². The number of halogens is 2. The molecular weight excluding hydrogens is 451 g/mol. The van der Waals surface area contributed by atoms with Crippen molar-refractivity contribution in [3.05, 3.63) is 34.9 Å². The Bertz CT molecular complexity index is 562. The van der Waals surface area contributed by atoms with Gasteiger partial charge in [0.05, 0.1) is 0 Å². The van der Waals surface area contributed by atoms with E-state index in [2.05, 4.69) is 20.9 Å². The molecule has 3 N–H and O–H groups in total. The summed E-state index contributed by atoms with van der Waals surface area (Å²) in [6, 6.07) is 8.21. The molecule has 0 saturated heterocycles. The Labute approximate surface area is 172 Å². The van der Waals surface area contributed by atoms with E-state index in [0.29, 0.717) is 25.0 Å². The van der Waals surface area contributed by atoms with Gasteiger partial charge in [0.1, 0.15) is 0 Å². The van der Waals surface area contributed by atoms with Crippen LogP contribution in [0.5, 0.6) is 0 Å². The molecule has 0 aromatic heterocycles. The molecule has 1 aromatic carbocycles. The van der Waals surface area contributed by atoms with Crippen molar-refractivity contribution in [2.75, 3.05) is 20.1 Å². The van der Waals surface area contributed by atoms with Crippen LogP contribution >= 0.6 is 35.6 Å². The molecule has 7 heteroatoms. The lowest BCUT2D eigenvalue weighted by atomic mass is 10.1. The summed E-state index contributed by atoms with van der Waals surface area (Å²) in [4.78, 5) is 16.1. The van der Waals surface area contributed by atoms with Gasteiger partial charge >= 0.3 is 0 Å². The van der Waals surface area contributed by atoms with E-state index in [1.807, 2.05) is 24.3 Å². The van der Waals surface area contributed by atoms with E-state index in [-0.39, 0.29) is 29.9 Å². The maximum Gasteiger partial charge on any atom is 0.221 e. The Balaban J connectivity index is 0.00000312. The molecule has 5 nitrogen and oxygen atoms in total. The third-order valence-electron chi connectivity index (χ3n) is 4.23. The van der Waals surface area contributed by atoms with E-state index < -0.39 is 0 Å². The predicted molar refractivity (Wildman–Crippen MR) is 115 cm³/mol. The quantitative estimate of drug-likeness (QED) is 0.320. The topological polar surface area (TPSA) is 65.5 Å². The van der Waals surface area contributed by atoms with Crippen LogP contribution in [-0.2, 0) is 11.2 Å². The van der Waals surface area contributed by atoms with E-state index in [0.717, 1.165) is 36.4 Å². The first kappa shape index (κ1) is 22.0. The molecule has 0 unspecified atom stereocenters. The first-order valence-electron chi connectivity index (χ1n) is 8.66. The number of nitrogens with one attached hydrogen (secondary N) is 3. The number of carbonyl (C=O) groups is 1. The van der Waals surface area contributed by atoms with Crippen LogP contribution in [0.15, 0.2) is 29.3 Å². The van der Waals surface area contributed by atoms with Crippen LogP contribution in [0.4, 0.5) is 0 Å². The van der Waals surface area contributed by atoms with Crippen molar-refractivity contribution < 1.29 is 4.79 Å². The zero-order valence-corrected chi connectivity index (χ0v) is 17.8. The molecule has 1 aliphatic carbocycles. The summed E-state index contributed by atoms with van der Waals surface area (Å²) in [5, 5.41) is 10.3. The van der Waals surface area contributed by atoms with Crippen molar-refractivity contribution in [2.45, 2.75) is 44.6 Å². The highest BCUT2D eigenvalue weighted by Gasteiger charge is 2.16. The first-order chi connectivity index (χ1) is 11.7. The Morgan fingerprint density at radius 3 is 2.56 bits per heavy atom. The van der Waals surface area contributed by atoms with Gasteiger partial charge in [-0.05, 0) is 30.9 Å². The average Bonchev–Trinajstić information content (AvgIpc) is 3.08. The summed E-state index contributed by atoms with van der Waals surface area (Å²) in [6.07, 6.45) is 5.97. The monoisotopic (exact) mass is 478 g/mol. The number of nitrogens with zero attached hydrogens (tertiary/aromatic N) is 1. The molecule has 140 valence electrons. The second kappa shape index (κ2) is 12.4. The van der Waals surface area contributed by atoms with Crippen LogP contribution in [0, 0.1) is 0 Å². The summed E-state index contributed by atoms with van der Waals surface area (Å²) < 4.78 is 0. The minimum Gasteiger partial charge on any atom is -0.356 e. The number of rotatable bonds is 7. The van der Waals surface area contributed by atoms with Crippen LogP contribution < -0.4 is 16.0 Å². The van der Waals surface area contributed by atoms with Gasteiger partial charge < -0.3 is 16.0 Å². The Morgan fingerprint density at radius 2 is 1.88 bits per heavy atom. The summed E-state index contributed by atoms with van der Waals surface area (Å²) in [6.45, 7) is 1.31. The van der Waals surface area contributed by atoms with E-state index in [1.54, 1.807) is 7.05 Å². The zero-order chi connectivity index (χ0) is 17.2. The third kappa shape index (κ3) is 8.27. The molecular formula is C18H28ClIN4O. The maximum absolute atomic E-state index is 11.9. The average molecular weight is 479 g/mol. The first-order valence-corrected chi connectivity index (χ1v) is 9.04. The number of carbonyl (C=O) groups excluding carboxylic acids is 1. The number of hydrogen-bond donors (Lipinski definition) is 3. The Morgan fingerprint density at radius 1 is 1.20 bits per heavy atom. The molecule has 0 bridgehead atoms. The lowest BCUT2D eigenvalue weighted by molar-refractivity contribution is -0.121. The standard InChI is InChI=1S/C18H27ClN4O.HI/c1-20-18(21-12-10-14-6-2-5-9-16(14)19)22-13-11-17(24)23-15-7-3-4-8-15;/h2,5-6,9,15H,3-4,7-8,10-13H2,1H3,(H,23,24)(H2,20,21,22);1H. The highest BCUT2D eigenvalue weighted by atomic mass is 127. The minimum atomic E-state index is 0. The predicted octanol–water partition coefficient (Wildman–Crippen LogP) is 3.11. The van der Waals surface area contributed by atoms with Gasteiger partial charge in [-0.3, -0.25) is 9.79 Å². The van der Waals surface area contributed by atoms with E-state index >= 15 is 0 Å². The lowest BCUT2D eigenvalue weighted by Crippen LogP contribution is -2.41. The molecule has 0 radical (unpaired) electrons. The highest BCUT2D eigenvalue weighted by molar-refractivity contribution is 14.0.